The second-order valence-electron chi connectivity index (χ2n) is 1.78. The van der Waals surface area contributed by atoms with Crippen LogP contribution in [0.4, 0.5) is 0 Å². The molecule has 3 nitrogen and oxygen atoms in total. The number of imidazole rings is 1. The quantitative estimate of drug-likeness (QED) is 0.609. The molecule has 3 heteroatoms. The third kappa shape index (κ3) is 1.85. The zero-order chi connectivity index (χ0) is 6.53. The van der Waals surface area contributed by atoms with Crippen LogP contribution in [0, 0.1) is 6.42 Å². The SMILES string of the molecule is NCC[CH]c1c[nH]cn1. The van der Waals surface area contributed by atoms with Gasteiger partial charge in [-0.2, -0.15) is 0 Å². The van der Waals surface area contributed by atoms with Crippen molar-refractivity contribution in [1.82, 2.24) is 9.97 Å². The maximum atomic E-state index is 5.28. The Labute approximate surface area is 54.3 Å². The molecule has 0 bridgehead atoms. The van der Waals surface area contributed by atoms with Crippen LogP contribution in [0.2, 0.25) is 0 Å². The van der Waals surface area contributed by atoms with E-state index in [-0.39, 0.29) is 0 Å². The Morgan fingerprint density at radius 2 is 2.67 bits per heavy atom. The van der Waals surface area contributed by atoms with Crippen molar-refractivity contribution in [2.45, 2.75) is 6.42 Å². The van der Waals surface area contributed by atoms with Gasteiger partial charge in [0.1, 0.15) is 0 Å². The standard InChI is InChI=1S/C6H10N3/c7-3-1-2-6-4-8-5-9-6/h2,4-5H,1,3,7H2,(H,8,9). The summed E-state index contributed by atoms with van der Waals surface area (Å²) in [5, 5.41) is 0. The second kappa shape index (κ2) is 3.25. The topological polar surface area (TPSA) is 54.7 Å². The van der Waals surface area contributed by atoms with E-state index in [1.165, 1.54) is 0 Å². The zero-order valence-corrected chi connectivity index (χ0v) is 5.17. The predicted molar refractivity (Wildman–Crippen MR) is 35.7 cm³/mol. The first-order valence-electron chi connectivity index (χ1n) is 2.95. The molecule has 0 unspecified atom stereocenters. The molecule has 49 valence electrons. The highest BCUT2D eigenvalue weighted by atomic mass is 14.9. The van der Waals surface area contributed by atoms with Crippen molar-refractivity contribution in [3.63, 3.8) is 0 Å². The first-order valence-corrected chi connectivity index (χ1v) is 2.95. The normalized spacial score (nSPS) is 9.89. The maximum Gasteiger partial charge on any atom is 0.0923 e. The summed E-state index contributed by atoms with van der Waals surface area (Å²) in [7, 11) is 0. The molecule has 0 atom stereocenters. The summed E-state index contributed by atoms with van der Waals surface area (Å²) in [6.07, 6.45) is 6.39. The summed E-state index contributed by atoms with van der Waals surface area (Å²) in [5.41, 5.74) is 6.25. The van der Waals surface area contributed by atoms with E-state index in [1.54, 1.807) is 6.33 Å². The molecule has 0 fully saturated rings. The Bertz CT molecular complexity index is 145. The summed E-state index contributed by atoms with van der Waals surface area (Å²) >= 11 is 0. The largest absolute Gasteiger partial charge is 0.351 e. The van der Waals surface area contributed by atoms with E-state index in [1.807, 2.05) is 12.6 Å². The minimum absolute atomic E-state index is 0.687. The van der Waals surface area contributed by atoms with Crippen molar-refractivity contribution in [2.24, 2.45) is 5.73 Å². The van der Waals surface area contributed by atoms with Gasteiger partial charge in [0.2, 0.25) is 0 Å². The van der Waals surface area contributed by atoms with E-state index >= 15 is 0 Å². The molecular formula is C6H10N3. The van der Waals surface area contributed by atoms with Crippen LogP contribution in [0.25, 0.3) is 0 Å². The van der Waals surface area contributed by atoms with Crippen molar-refractivity contribution in [3.8, 4) is 0 Å². The van der Waals surface area contributed by atoms with Crippen LogP contribution in [-0.4, -0.2) is 16.5 Å². The first kappa shape index (κ1) is 6.29. The molecule has 0 saturated carbocycles. The van der Waals surface area contributed by atoms with Gasteiger partial charge < -0.3 is 10.7 Å². The average Bonchev–Trinajstić information content (AvgIpc) is 2.34. The molecule has 0 spiro atoms. The highest BCUT2D eigenvalue weighted by Gasteiger charge is 1.91. The van der Waals surface area contributed by atoms with Gasteiger partial charge in [-0.25, -0.2) is 4.98 Å². The molecule has 0 aromatic carbocycles. The summed E-state index contributed by atoms with van der Waals surface area (Å²) in [6, 6.07) is 0. The molecule has 0 saturated heterocycles. The molecule has 1 radical (unpaired) electrons. The Kier molecular flexibility index (Phi) is 2.27. The summed E-state index contributed by atoms with van der Waals surface area (Å²) in [6.45, 7) is 0.687. The monoisotopic (exact) mass is 124 g/mol. The smallest absolute Gasteiger partial charge is 0.0923 e. The van der Waals surface area contributed by atoms with Gasteiger partial charge in [0.25, 0.3) is 0 Å². The number of rotatable bonds is 3. The number of aromatic nitrogens is 2. The summed E-state index contributed by atoms with van der Waals surface area (Å²) in [5.74, 6) is 0. The molecule has 0 aliphatic heterocycles. The number of nitrogens with one attached hydrogen (secondary N) is 1. The Balaban J connectivity index is 2.30. The number of hydrogen-bond acceptors (Lipinski definition) is 2. The lowest BCUT2D eigenvalue weighted by molar-refractivity contribution is 0.948. The van der Waals surface area contributed by atoms with Gasteiger partial charge in [0.15, 0.2) is 0 Å². The van der Waals surface area contributed by atoms with Crippen molar-refractivity contribution in [2.75, 3.05) is 6.54 Å². The van der Waals surface area contributed by atoms with Crippen LogP contribution in [-0.2, 0) is 0 Å². The van der Waals surface area contributed by atoms with E-state index < -0.39 is 0 Å². The molecule has 0 aliphatic carbocycles. The summed E-state index contributed by atoms with van der Waals surface area (Å²) in [4.78, 5) is 6.84. The maximum absolute atomic E-state index is 5.28. The van der Waals surface area contributed by atoms with Crippen molar-refractivity contribution in [1.29, 1.82) is 0 Å². The molecule has 0 amide bonds. The van der Waals surface area contributed by atoms with Crippen molar-refractivity contribution >= 4 is 0 Å². The van der Waals surface area contributed by atoms with Gasteiger partial charge in [-0.1, -0.05) is 0 Å². The molecule has 9 heavy (non-hydrogen) atoms. The van der Waals surface area contributed by atoms with Crippen LogP contribution in [0.1, 0.15) is 12.1 Å². The van der Waals surface area contributed by atoms with E-state index in [4.69, 9.17) is 5.73 Å². The minimum Gasteiger partial charge on any atom is -0.351 e. The van der Waals surface area contributed by atoms with Crippen molar-refractivity contribution < 1.29 is 0 Å². The number of nitrogens with zero attached hydrogens (tertiary/aromatic N) is 1. The van der Waals surface area contributed by atoms with E-state index in [0.29, 0.717) is 6.54 Å². The molecular weight excluding hydrogens is 114 g/mol. The third-order valence-corrected chi connectivity index (χ3v) is 1.04. The van der Waals surface area contributed by atoms with Gasteiger partial charge >= 0.3 is 0 Å². The Morgan fingerprint density at radius 3 is 3.22 bits per heavy atom. The molecule has 1 heterocycles. The van der Waals surface area contributed by atoms with Crippen LogP contribution < -0.4 is 5.73 Å². The lowest BCUT2D eigenvalue weighted by Crippen LogP contribution is -1.98. The number of nitrogens with two attached hydrogens (primary N) is 1. The zero-order valence-electron chi connectivity index (χ0n) is 5.17. The number of hydrogen-bond donors (Lipinski definition) is 2. The molecule has 0 aliphatic rings. The van der Waals surface area contributed by atoms with Gasteiger partial charge in [0, 0.05) is 12.6 Å². The van der Waals surface area contributed by atoms with Gasteiger partial charge in [0.05, 0.1) is 12.0 Å². The Hall–Kier alpha value is -0.830. The molecule has 1 aromatic rings. The first-order chi connectivity index (χ1) is 4.43. The van der Waals surface area contributed by atoms with Crippen LogP contribution in [0.5, 0.6) is 0 Å². The predicted octanol–water partition coefficient (Wildman–Crippen LogP) is 0.311. The lowest BCUT2D eigenvalue weighted by atomic mass is 10.2. The fourth-order valence-electron chi connectivity index (χ4n) is 0.615. The van der Waals surface area contributed by atoms with E-state index in [0.717, 1.165) is 12.1 Å². The van der Waals surface area contributed by atoms with E-state index in [2.05, 4.69) is 9.97 Å². The highest BCUT2D eigenvalue weighted by Crippen LogP contribution is 1.96. The third-order valence-electron chi connectivity index (χ3n) is 1.04. The molecule has 1 aromatic heterocycles. The fourth-order valence-corrected chi connectivity index (χ4v) is 0.615. The van der Waals surface area contributed by atoms with Gasteiger partial charge in [-0.15, -0.1) is 0 Å². The van der Waals surface area contributed by atoms with Crippen LogP contribution >= 0.6 is 0 Å². The Morgan fingerprint density at radius 1 is 1.78 bits per heavy atom. The van der Waals surface area contributed by atoms with Crippen LogP contribution in [0.3, 0.4) is 0 Å². The number of H-pyrrole nitrogens is 1. The fraction of sp³-hybridized carbons (Fsp3) is 0.333. The minimum atomic E-state index is 0.687. The molecule has 3 N–H and O–H groups in total. The van der Waals surface area contributed by atoms with E-state index in [9.17, 15) is 0 Å². The summed E-state index contributed by atoms with van der Waals surface area (Å²) < 4.78 is 0. The lowest BCUT2D eigenvalue weighted by Gasteiger charge is -1.88. The molecule has 1 rings (SSSR count). The van der Waals surface area contributed by atoms with Gasteiger partial charge in [-0.3, -0.25) is 0 Å². The average molecular weight is 124 g/mol. The van der Waals surface area contributed by atoms with Crippen molar-refractivity contribution in [3.05, 3.63) is 24.6 Å². The number of aromatic amines is 1. The highest BCUT2D eigenvalue weighted by molar-refractivity contribution is 5.06. The van der Waals surface area contributed by atoms with Gasteiger partial charge in [-0.05, 0) is 13.0 Å². The second-order valence-corrected chi connectivity index (χ2v) is 1.78. The van der Waals surface area contributed by atoms with Crippen LogP contribution in [0.15, 0.2) is 12.5 Å².